The van der Waals surface area contributed by atoms with Gasteiger partial charge in [-0.05, 0) is 36.0 Å². The predicted molar refractivity (Wildman–Crippen MR) is 60.6 cm³/mol. The zero-order chi connectivity index (χ0) is 10.6. The normalized spacial score (nSPS) is 10.9. The zero-order valence-electron chi connectivity index (χ0n) is 9.38. The molecule has 0 bridgehead atoms. The summed E-state index contributed by atoms with van der Waals surface area (Å²) in [6, 6.07) is 6.09. The van der Waals surface area contributed by atoms with Gasteiger partial charge in [0.1, 0.15) is 5.75 Å². The summed E-state index contributed by atoms with van der Waals surface area (Å²) in [5.41, 5.74) is 2.30. The molecule has 14 heavy (non-hydrogen) atoms. The van der Waals surface area contributed by atoms with Gasteiger partial charge in [-0.15, -0.1) is 0 Å². The fraction of sp³-hybridized carbons (Fsp3) is 0.538. The summed E-state index contributed by atoms with van der Waals surface area (Å²) in [5.74, 6) is 1.06. The highest BCUT2D eigenvalue weighted by Gasteiger charge is 2.04. The number of rotatable bonds is 4. The van der Waals surface area contributed by atoms with E-state index < -0.39 is 0 Å². The summed E-state index contributed by atoms with van der Waals surface area (Å²) in [4.78, 5) is 0. The van der Waals surface area contributed by atoms with Crippen molar-refractivity contribution in [2.45, 2.75) is 40.0 Å². The number of phenolic OH excluding ortho intramolecular Hbond substituents is 1. The summed E-state index contributed by atoms with van der Waals surface area (Å²) < 4.78 is 0. The third-order valence-electron chi connectivity index (χ3n) is 2.32. The van der Waals surface area contributed by atoms with Gasteiger partial charge in [-0.25, -0.2) is 0 Å². The molecular formula is C13H20O. The Morgan fingerprint density at radius 3 is 2.50 bits per heavy atom. The first-order valence-corrected chi connectivity index (χ1v) is 5.44. The molecule has 1 aromatic rings. The highest BCUT2D eigenvalue weighted by Crippen LogP contribution is 2.22. The van der Waals surface area contributed by atoms with Crippen molar-refractivity contribution < 1.29 is 5.11 Å². The Morgan fingerprint density at radius 1 is 1.29 bits per heavy atom. The molecule has 0 saturated heterocycles. The van der Waals surface area contributed by atoms with Crippen LogP contribution in [0.25, 0.3) is 0 Å². The second-order valence-corrected chi connectivity index (χ2v) is 4.31. The van der Waals surface area contributed by atoms with Crippen LogP contribution in [0.1, 0.15) is 38.3 Å². The van der Waals surface area contributed by atoms with Crippen molar-refractivity contribution in [3.8, 4) is 5.75 Å². The SMILES string of the molecule is CCCc1ccc(CC(C)C)c(O)c1. The topological polar surface area (TPSA) is 20.2 Å². The molecule has 1 heteroatoms. The maximum Gasteiger partial charge on any atom is 0.119 e. The van der Waals surface area contributed by atoms with Gasteiger partial charge in [0.2, 0.25) is 0 Å². The molecule has 0 fully saturated rings. The summed E-state index contributed by atoms with van der Waals surface area (Å²) in [5, 5.41) is 9.77. The van der Waals surface area contributed by atoms with E-state index in [1.807, 2.05) is 6.07 Å². The monoisotopic (exact) mass is 192 g/mol. The van der Waals surface area contributed by atoms with Gasteiger partial charge in [-0.1, -0.05) is 39.3 Å². The number of aromatic hydroxyl groups is 1. The first-order valence-electron chi connectivity index (χ1n) is 5.44. The van der Waals surface area contributed by atoms with E-state index in [0.29, 0.717) is 11.7 Å². The molecule has 0 heterocycles. The van der Waals surface area contributed by atoms with E-state index in [9.17, 15) is 5.11 Å². The average Bonchev–Trinajstić information content (AvgIpc) is 2.10. The Hall–Kier alpha value is -0.980. The molecule has 0 amide bonds. The van der Waals surface area contributed by atoms with Crippen molar-refractivity contribution in [1.29, 1.82) is 0 Å². The van der Waals surface area contributed by atoms with E-state index in [1.165, 1.54) is 5.56 Å². The third kappa shape index (κ3) is 3.06. The van der Waals surface area contributed by atoms with Crippen LogP contribution < -0.4 is 0 Å². The maximum atomic E-state index is 9.77. The molecule has 0 aliphatic rings. The molecule has 0 radical (unpaired) electrons. The largest absolute Gasteiger partial charge is 0.508 e. The lowest BCUT2D eigenvalue weighted by Crippen LogP contribution is -1.95. The maximum absolute atomic E-state index is 9.77. The first-order chi connectivity index (χ1) is 6.63. The third-order valence-corrected chi connectivity index (χ3v) is 2.32. The Morgan fingerprint density at radius 2 is 2.00 bits per heavy atom. The quantitative estimate of drug-likeness (QED) is 0.773. The number of benzene rings is 1. The van der Waals surface area contributed by atoms with Crippen LogP contribution in [0.15, 0.2) is 18.2 Å². The molecule has 1 rings (SSSR count). The molecule has 78 valence electrons. The van der Waals surface area contributed by atoms with Crippen LogP contribution in [0.3, 0.4) is 0 Å². The van der Waals surface area contributed by atoms with Gasteiger partial charge in [0.15, 0.2) is 0 Å². The summed E-state index contributed by atoms with van der Waals surface area (Å²) in [6.45, 7) is 6.48. The van der Waals surface area contributed by atoms with Crippen molar-refractivity contribution in [1.82, 2.24) is 0 Å². The number of hydrogen-bond donors (Lipinski definition) is 1. The van der Waals surface area contributed by atoms with Gasteiger partial charge in [0.05, 0.1) is 0 Å². The Balaban J connectivity index is 2.79. The molecule has 1 N–H and O–H groups in total. The van der Waals surface area contributed by atoms with Crippen LogP contribution in [0.4, 0.5) is 0 Å². The van der Waals surface area contributed by atoms with Crippen molar-refractivity contribution in [2.75, 3.05) is 0 Å². The van der Waals surface area contributed by atoms with E-state index in [4.69, 9.17) is 0 Å². The molecule has 0 saturated carbocycles. The first kappa shape index (κ1) is 11.1. The summed E-state index contributed by atoms with van der Waals surface area (Å²) in [6.07, 6.45) is 3.14. The molecule has 0 aromatic heterocycles. The second kappa shape index (κ2) is 5.04. The van der Waals surface area contributed by atoms with Crippen LogP contribution in [0, 0.1) is 5.92 Å². The number of phenols is 1. The van der Waals surface area contributed by atoms with Crippen LogP contribution in [-0.4, -0.2) is 5.11 Å². The Kier molecular flexibility index (Phi) is 3.99. The molecular weight excluding hydrogens is 172 g/mol. The molecule has 0 unspecified atom stereocenters. The van der Waals surface area contributed by atoms with Gasteiger partial charge in [-0.2, -0.15) is 0 Å². The summed E-state index contributed by atoms with van der Waals surface area (Å²) in [7, 11) is 0. The van der Waals surface area contributed by atoms with Gasteiger partial charge in [-0.3, -0.25) is 0 Å². The van der Waals surface area contributed by atoms with E-state index in [0.717, 1.165) is 24.8 Å². The Bertz CT molecular complexity index is 289. The molecule has 0 aliphatic heterocycles. The Labute approximate surface area is 86.8 Å². The van der Waals surface area contributed by atoms with E-state index in [-0.39, 0.29) is 0 Å². The van der Waals surface area contributed by atoms with Gasteiger partial charge in [0.25, 0.3) is 0 Å². The van der Waals surface area contributed by atoms with Crippen molar-refractivity contribution >= 4 is 0 Å². The van der Waals surface area contributed by atoms with E-state index in [2.05, 4.69) is 32.9 Å². The van der Waals surface area contributed by atoms with E-state index >= 15 is 0 Å². The number of hydrogen-bond acceptors (Lipinski definition) is 1. The fourth-order valence-corrected chi connectivity index (χ4v) is 1.67. The molecule has 1 nitrogen and oxygen atoms in total. The number of aryl methyl sites for hydroxylation is 1. The smallest absolute Gasteiger partial charge is 0.119 e. The highest BCUT2D eigenvalue weighted by molar-refractivity contribution is 5.36. The predicted octanol–water partition coefficient (Wildman–Crippen LogP) is 3.54. The second-order valence-electron chi connectivity index (χ2n) is 4.31. The summed E-state index contributed by atoms with van der Waals surface area (Å²) >= 11 is 0. The molecule has 0 atom stereocenters. The van der Waals surface area contributed by atoms with Crippen molar-refractivity contribution in [3.63, 3.8) is 0 Å². The van der Waals surface area contributed by atoms with Crippen molar-refractivity contribution in [2.24, 2.45) is 5.92 Å². The van der Waals surface area contributed by atoms with Gasteiger partial charge < -0.3 is 5.11 Å². The minimum Gasteiger partial charge on any atom is -0.508 e. The lowest BCUT2D eigenvalue weighted by atomic mass is 9.99. The van der Waals surface area contributed by atoms with E-state index in [1.54, 1.807) is 0 Å². The minimum atomic E-state index is 0.463. The van der Waals surface area contributed by atoms with Crippen LogP contribution >= 0.6 is 0 Å². The van der Waals surface area contributed by atoms with Crippen LogP contribution in [-0.2, 0) is 12.8 Å². The fourth-order valence-electron chi connectivity index (χ4n) is 1.67. The minimum absolute atomic E-state index is 0.463. The lowest BCUT2D eigenvalue weighted by Gasteiger charge is -2.08. The van der Waals surface area contributed by atoms with Gasteiger partial charge in [0, 0.05) is 0 Å². The van der Waals surface area contributed by atoms with Crippen LogP contribution in [0.5, 0.6) is 5.75 Å². The van der Waals surface area contributed by atoms with Crippen molar-refractivity contribution in [3.05, 3.63) is 29.3 Å². The molecule has 0 spiro atoms. The molecule has 0 aliphatic carbocycles. The van der Waals surface area contributed by atoms with Crippen LogP contribution in [0.2, 0.25) is 0 Å². The average molecular weight is 192 g/mol. The zero-order valence-corrected chi connectivity index (χ0v) is 9.38. The highest BCUT2D eigenvalue weighted by atomic mass is 16.3. The van der Waals surface area contributed by atoms with Gasteiger partial charge >= 0.3 is 0 Å². The lowest BCUT2D eigenvalue weighted by molar-refractivity contribution is 0.461. The molecule has 1 aromatic carbocycles. The standard InChI is InChI=1S/C13H20O/c1-4-5-11-6-7-12(8-10(2)3)13(14)9-11/h6-7,9-10,14H,4-5,8H2,1-3H3.